The van der Waals surface area contributed by atoms with Crippen molar-refractivity contribution in [2.75, 3.05) is 11.9 Å². The lowest BCUT2D eigenvalue weighted by molar-refractivity contribution is -0.123. The zero-order chi connectivity index (χ0) is 22.3. The molecule has 3 aromatic rings. The van der Waals surface area contributed by atoms with Gasteiger partial charge in [0, 0.05) is 17.8 Å². The highest BCUT2D eigenvalue weighted by atomic mass is 19.4. The molecular weight excluding hydrogens is 411 g/mol. The zero-order valence-electron chi connectivity index (χ0n) is 16.1. The van der Waals surface area contributed by atoms with E-state index >= 15 is 0 Å². The summed E-state index contributed by atoms with van der Waals surface area (Å²) in [6.07, 6.45) is -3.14. The number of anilines is 1. The second-order valence-corrected chi connectivity index (χ2v) is 6.45. The van der Waals surface area contributed by atoms with Gasteiger partial charge in [-0.15, -0.1) is 0 Å². The van der Waals surface area contributed by atoms with Crippen molar-refractivity contribution in [1.29, 1.82) is 0 Å². The molecule has 0 saturated carbocycles. The molecule has 0 aliphatic heterocycles. The average Bonchev–Trinajstić information content (AvgIpc) is 2.77. The Morgan fingerprint density at radius 1 is 0.935 bits per heavy atom. The Kier molecular flexibility index (Phi) is 6.86. The van der Waals surface area contributed by atoms with E-state index in [0.717, 1.165) is 5.56 Å². The number of hydrogen-bond acceptors (Lipinski definition) is 4. The molecule has 9 heteroatoms. The van der Waals surface area contributed by atoms with Crippen LogP contribution < -0.4 is 15.4 Å². The minimum Gasteiger partial charge on any atom is -0.473 e. The number of hydrogen-bond donors (Lipinski definition) is 2. The van der Waals surface area contributed by atoms with Gasteiger partial charge >= 0.3 is 6.18 Å². The fraction of sp³-hybridized carbons (Fsp3) is 0.136. The molecule has 6 nitrogen and oxygen atoms in total. The molecule has 0 aliphatic carbocycles. The lowest BCUT2D eigenvalue weighted by Crippen LogP contribution is -2.34. The number of carbonyl (C=O) groups is 2. The van der Waals surface area contributed by atoms with Crippen molar-refractivity contribution >= 4 is 17.5 Å². The molecule has 2 amide bonds. The third-order valence-corrected chi connectivity index (χ3v) is 4.10. The molecule has 31 heavy (non-hydrogen) atoms. The monoisotopic (exact) mass is 429 g/mol. The van der Waals surface area contributed by atoms with E-state index < -0.39 is 24.5 Å². The van der Waals surface area contributed by atoms with E-state index in [4.69, 9.17) is 4.74 Å². The Hall–Kier alpha value is -3.88. The molecule has 1 heterocycles. The van der Waals surface area contributed by atoms with Crippen molar-refractivity contribution in [3.63, 3.8) is 0 Å². The normalized spacial score (nSPS) is 10.9. The summed E-state index contributed by atoms with van der Waals surface area (Å²) in [4.78, 5) is 28.8. The molecule has 2 aromatic carbocycles. The SMILES string of the molecule is O=C(Nc1ccccc1C(=O)NCC(F)(F)F)c1ccnc(OCc2ccccc2)c1. The van der Waals surface area contributed by atoms with Crippen LogP contribution in [0, 0.1) is 0 Å². The quantitative estimate of drug-likeness (QED) is 0.590. The van der Waals surface area contributed by atoms with Crippen LogP contribution in [0.4, 0.5) is 18.9 Å². The van der Waals surface area contributed by atoms with Gasteiger partial charge in [0.25, 0.3) is 11.8 Å². The van der Waals surface area contributed by atoms with Crippen LogP contribution in [-0.2, 0) is 6.61 Å². The lowest BCUT2D eigenvalue weighted by atomic mass is 10.1. The molecule has 0 fully saturated rings. The number of amides is 2. The Morgan fingerprint density at radius 3 is 2.39 bits per heavy atom. The summed E-state index contributed by atoms with van der Waals surface area (Å²) in [6, 6.07) is 18.1. The number of para-hydroxylation sites is 1. The van der Waals surface area contributed by atoms with Crippen LogP contribution >= 0.6 is 0 Å². The number of nitrogens with one attached hydrogen (secondary N) is 2. The second kappa shape index (κ2) is 9.75. The Bertz CT molecular complexity index is 1060. The number of benzene rings is 2. The van der Waals surface area contributed by atoms with Gasteiger partial charge in [-0.25, -0.2) is 4.98 Å². The number of pyridine rings is 1. The maximum atomic E-state index is 12.6. The summed E-state index contributed by atoms with van der Waals surface area (Å²) in [7, 11) is 0. The summed E-state index contributed by atoms with van der Waals surface area (Å²) >= 11 is 0. The topological polar surface area (TPSA) is 80.3 Å². The standard InChI is InChI=1S/C22H18F3N3O3/c23-22(24,25)14-27-21(30)17-8-4-5-9-18(17)28-20(29)16-10-11-26-19(12-16)31-13-15-6-2-1-3-7-15/h1-12H,13-14H2,(H,27,30)(H,28,29). The van der Waals surface area contributed by atoms with Crippen LogP contribution in [0.3, 0.4) is 0 Å². The first kappa shape index (κ1) is 21.8. The smallest absolute Gasteiger partial charge is 0.405 e. The van der Waals surface area contributed by atoms with Crippen LogP contribution in [-0.4, -0.2) is 29.5 Å². The van der Waals surface area contributed by atoms with Crippen molar-refractivity contribution in [2.24, 2.45) is 0 Å². The average molecular weight is 429 g/mol. The van der Waals surface area contributed by atoms with Crippen molar-refractivity contribution in [1.82, 2.24) is 10.3 Å². The van der Waals surface area contributed by atoms with E-state index in [0.29, 0.717) is 0 Å². The van der Waals surface area contributed by atoms with Gasteiger partial charge in [0.2, 0.25) is 5.88 Å². The number of carbonyl (C=O) groups excluding carboxylic acids is 2. The summed E-state index contributed by atoms with van der Waals surface area (Å²) < 4.78 is 42.7. The number of alkyl halides is 3. The van der Waals surface area contributed by atoms with Gasteiger partial charge in [-0.05, 0) is 23.8 Å². The number of rotatable bonds is 7. The Labute approximate surface area is 176 Å². The van der Waals surface area contributed by atoms with Crippen LogP contribution in [0.25, 0.3) is 0 Å². The van der Waals surface area contributed by atoms with Crippen molar-refractivity contribution in [3.8, 4) is 5.88 Å². The molecule has 0 saturated heterocycles. The van der Waals surface area contributed by atoms with Crippen molar-refractivity contribution in [3.05, 3.63) is 89.6 Å². The third-order valence-electron chi connectivity index (χ3n) is 4.10. The van der Waals surface area contributed by atoms with Gasteiger partial charge in [0.05, 0.1) is 11.3 Å². The molecule has 0 spiro atoms. The minimum atomic E-state index is -4.54. The maximum absolute atomic E-state index is 12.6. The zero-order valence-corrected chi connectivity index (χ0v) is 16.1. The van der Waals surface area contributed by atoms with E-state index in [-0.39, 0.29) is 29.3 Å². The predicted octanol–water partition coefficient (Wildman–Crippen LogP) is 4.21. The third kappa shape index (κ3) is 6.56. The van der Waals surface area contributed by atoms with E-state index in [9.17, 15) is 22.8 Å². The first-order valence-electron chi connectivity index (χ1n) is 9.20. The number of aromatic nitrogens is 1. The van der Waals surface area contributed by atoms with Gasteiger partial charge < -0.3 is 15.4 Å². The molecule has 2 N–H and O–H groups in total. The number of nitrogens with zero attached hydrogens (tertiary/aromatic N) is 1. The Balaban J connectivity index is 1.68. The van der Waals surface area contributed by atoms with Gasteiger partial charge in [-0.1, -0.05) is 42.5 Å². The van der Waals surface area contributed by atoms with Crippen molar-refractivity contribution < 1.29 is 27.5 Å². The number of halogens is 3. The summed E-state index contributed by atoms with van der Waals surface area (Å²) in [6.45, 7) is -1.21. The van der Waals surface area contributed by atoms with Crippen LogP contribution in [0.5, 0.6) is 5.88 Å². The fourth-order valence-corrected chi connectivity index (χ4v) is 2.62. The molecule has 0 aliphatic rings. The highest BCUT2D eigenvalue weighted by Gasteiger charge is 2.28. The molecule has 3 rings (SSSR count). The molecular formula is C22H18F3N3O3. The number of ether oxygens (including phenoxy) is 1. The highest BCUT2D eigenvalue weighted by molar-refractivity contribution is 6.09. The molecule has 160 valence electrons. The first-order valence-corrected chi connectivity index (χ1v) is 9.20. The Morgan fingerprint density at radius 2 is 1.65 bits per heavy atom. The predicted molar refractivity (Wildman–Crippen MR) is 108 cm³/mol. The van der Waals surface area contributed by atoms with Gasteiger partial charge in [-0.2, -0.15) is 13.2 Å². The lowest BCUT2D eigenvalue weighted by Gasteiger charge is -2.13. The highest BCUT2D eigenvalue weighted by Crippen LogP contribution is 2.19. The maximum Gasteiger partial charge on any atom is 0.405 e. The summed E-state index contributed by atoms with van der Waals surface area (Å²) in [5, 5.41) is 4.33. The first-order chi connectivity index (χ1) is 14.8. The molecule has 1 aromatic heterocycles. The summed E-state index contributed by atoms with van der Waals surface area (Å²) in [5.74, 6) is -1.29. The van der Waals surface area contributed by atoms with E-state index in [1.54, 1.807) is 11.4 Å². The van der Waals surface area contributed by atoms with Crippen LogP contribution in [0.2, 0.25) is 0 Å². The van der Waals surface area contributed by atoms with E-state index in [1.807, 2.05) is 30.3 Å². The molecule has 0 radical (unpaired) electrons. The largest absolute Gasteiger partial charge is 0.473 e. The molecule has 0 atom stereocenters. The van der Waals surface area contributed by atoms with Gasteiger partial charge in [-0.3, -0.25) is 9.59 Å². The fourth-order valence-electron chi connectivity index (χ4n) is 2.62. The van der Waals surface area contributed by atoms with Crippen LogP contribution in [0.1, 0.15) is 26.3 Å². The molecule has 0 bridgehead atoms. The van der Waals surface area contributed by atoms with Gasteiger partial charge in [0.1, 0.15) is 13.2 Å². The van der Waals surface area contributed by atoms with Crippen molar-refractivity contribution in [2.45, 2.75) is 12.8 Å². The minimum absolute atomic E-state index is 0.0794. The molecule has 0 unspecified atom stereocenters. The van der Waals surface area contributed by atoms with E-state index in [1.165, 1.54) is 36.5 Å². The van der Waals surface area contributed by atoms with Gasteiger partial charge in [0.15, 0.2) is 0 Å². The summed E-state index contributed by atoms with van der Waals surface area (Å²) in [5.41, 5.74) is 1.13. The van der Waals surface area contributed by atoms with Crippen LogP contribution in [0.15, 0.2) is 72.9 Å². The van der Waals surface area contributed by atoms with E-state index in [2.05, 4.69) is 10.3 Å². The second-order valence-electron chi connectivity index (χ2n) is 6.45.